The van der Waals surface area contributed by atoms with Crippen molar-refractivity contribution in [3.63, 3.8) is 0 Å². The van der Waals surface area contributed by atoms with Crippen molar-refractivity contribution >= 4 is 18.0 Å². The number of carbonyl (C=O) groups excluding carboxylic acids is 2. The number of benzene rings is 1. The van der Waals surface area contributed by atoms with Gasteiger partial charge in [0.2, 0.25) is 11.7 Å². The zero-order valence-electron chi connectivity index (χ0n) is 13.4. The van der Waals surface area contributed by atoms with Crippen LogP contribution in [0.5, 0.6) is 17.2 Å². The van der Waals surface area contributed by atoms with Gasteiger partial charge in [-0.2, -0.15) is 0 Å². The summed E-state index contributed by atoms with van der Waals surface area (Å²) >= 11 is 0. The molecule has 0 spiro atoms. The third-order valence-electron chi connectivity index (χ3n) is 3.26. The van der Waals surface area contributed by atoms with Crippen molar-refractivity contribution in [3.05, 3.63) is 23.8 Å². The van der Waals surface area contributed by atoms with Gasteiger partial charge in [0.15, 0.2) is 17.5 Å². The number of esters is 1. The van der Waals surface area contributed by atoms with Gasteiger partial charge in [-0.1, -0.05) is 0 Å². The second kappa shape index (κ2) is 8.21. The van der Waals surface area contributed by atoms with Gasteiger partial charge in [-0.3, -0.25) is 4.79 Å². The fourth-order valence-electron chi connectivity index (χ4n) is 2.10. The SMILES string of the molecule is COC(=O)[C@H](CO)NC(=O)/C=C/c1cc(OC)c2c(c1)OCCO2. The first kappa shape index (κ1) is 17.6. The summed E-state index contributed by atoms with van der Waals surface area (Å²) in [4.78, 5) is 23.2. The predicted molar refractivity (Wildman–Crippen MR) is 84.1 cm³/mol. The molecule has 1 aliphatic heterocycles. The van der Waals surface area contributed by atoms with Crippen molar-refractivity contribution in [2.24, 2.45) is 0 Å². The van der Waals surface area contributed by atoms with E-state index in [2.05, 4.69) is 10.1 Å². The molecule has 0 saturated carbocycles. The van der Waals surface area contributed by atoms with Crippen LogP contribution in [-0.4, -0.2) is 57.1 Å². The smallest absolute Gasteiger partial charge is 0.330 e. The molecule has 1 atom stereocenters. The summed E-state index contributed by atoms with van der Waals surface area (Å²) in [5.74, 6) is 0.281. The Kier molecular flexibility index (Phi) is 6.02. The van der Waals surface area contributed by atoms with Crippen molar-refractivity contribution in [2.75, 3.05) is 34.0 Å². The molecular weight excluding hydrogens is 318 g/mol. The minimum absolute atomic E-state index is 0.432. The van der Waals surface area contributed by atoms with Crippen LogP contribution >= 0.6 is 0 Å². The van der Waals surface area contributed by atoms with Crippen molar-refractivity contribution < 1.29 is 33.6 Å². The molecule has 1 aliphatic rings. The van der Waals surface area contributed by atoms with E-state index in [0.29, 0.717) is 36.0 Å². The lowest BCUT2D eigenvalue weighted by molar-refractivity contribution is -0.145. The fraction of sp³-hybridized carbons (Fsp3) is 0.375. The lowest BCUT2D eigenvalue weighted by atomic mass is 10.1. The van der Waals surface area contributed by atoms with Gasteiger partial charge in [0, 0.05) is 6.08 Å². The number of hydrogen-bond donors (Lipinski definition) is 2. The largest absolute Gasteiger partial charge is 0.493 e. The molecule has 1 heterocycles. The topological polar surface area (TPSA) is 103 Å². The molecule has 130 valence electrons. The molecule has 0 aromatic heterocycles. The van der Waals surface area contributed by atoms with Crippen LogP contribution in [0.4, 0.5) is 0 Å². The van der Waals surface area contributed by atoms with Gasteiger partial charge in [0.25, 0.3) is 0 Å². The molecule has 24 heavy (non-hydrogen) atoms. The minimum atomic E-state index is -1.11. The molecule has 0 radical (unpaired) electrons. The average molecular weight is 337 g/mol. The third-order valence-corrected chi connectivity index (χ3v) is 3.26. The summed E-state index contributed by atoms with van der Waals surface area (Å²) in [5, 5.41) is 11.4. The van der Waals surface area contributed by atoms with Gasteiger partial charge < -0.3 is 29.4 Å². The number of ether oxygens (including phenoxy) is 4. The Bertz CT molecular complexity index is 624. The molecule has 0 aliphatic carbocycles. The maximum atomic E-state index is 11.8. The summed E-state index contributed by atoms with van der Waals surface area (Å²) in [6.45, 7) is 0.322. The van der Waals surface area contributed by atoms with Crippen LogP contribution in [0.1, 0.15) is 5.56 Å². The van der Waals surface area contributed by atoms with Crippen LogP contribution in [0.3, 0.4) is 0 Å². The highest BCUT2D eigenvalue weighted by atomic mass is 16.6. The number of hydrogen-bond acceptors (Lipinski definition) is 7. The van der Waals surface area contributed by atoms with E-state index in [1.807, 2.05) is 0 Å². The van der Waals surface area contributed by atoms with Crippen LogP contribution in [0.2, 0.25) is 0 Å². The zero-order valence-corrected chi connectivity index (χ0v) is 13.4. The van der Waals surface area contributed by atoms with Crippen molar-refractivity contribution in [2.45, 2.75) is 6.04 Å². The van der Waals surface area contributed by atoms with Crippen LogP contribution in [0.25, 0.3) is 6.08 Å². The van der Waals surface area contributed by atoms with E-state index < -0.39 is 24.5 Å². The molecule has 0 bridgehead atoms. The Morgan fingerprint density at radius 1 is 1.33 bits per heavy atom. The quantitative estimate of drug-likeness (QED) is 0.562. The lowest BCUT2D eigenvalue weighted by Crippen LogP contribution is -2.43. The van der Waals surface area contributed by atoms with E-state index in [4.69, 9.17) is 19.3 Å². The van der Waals surface area contributed by atoms with E-state index >= 15 is 0 Å². The van der Waals surface area contributed by atoms with Gasteiger partial charge in [-0.05, 0) is 23.8 Å². The number of amides is 1. The summed E-state index contributed by atoms with van der Waals surface area (Å²) in [6.07, 6.45) is 2.76. The van der Waals surface area contributed by atoms with Gasteiger partial charge in [-0.25, -0.2) is 4.79 Å². The maximum absolute atomic E-state index is 11.8. The van der Waals surface area contributed by atoms with E-state index in [0.717, 1.165) is 0 Å². The zero-order chi connectivity index (χ0) is 17.5. The average Bonchev–Trinajstić information content (AvgIpc) is 2.62. The minimum Gasteiger partial charge on any atom is -0.493 e. The first-order chi connectivity index (χ1) is 11.6. The van der Waals surface area contributed by atoms with E-state index in [9.17, 15) is 9.59 Å². The Hall–Kier alpha value is -2.74. The molecule has 0 fully saturated rings. The molecule has 1 aromatic rings. The maximum Gasteiger partial charge on any atom is 0.330 e. The molecule has 0 saturated heterocycles. The van der Waals surface area contributed by atoms with Crippen molar-refractivity contribution in [3.8, 4) is 17.2 Å². The Morgan fingerprint density at radius 3 is 2.75 bits per heavy atom. The second-order valence-electron chi connectivity index (χ2n) is 4.85. The highest BCUT2D eigenvalue weighted by molar-refractivity contribution is 5.94. The molecule has 2 N–H and O–H groups in total. The van der Waals surface area contributed by atoms with Gasteiger partial charge >= 0.3 is 5.97 Å². The van der Waals surface area contributed by atoms with E-state index in [1.165, 1.54) is 26.4 Å². The number of methoxy groups -OCH3 is 2. The molecule has 2 rings (SSSR count). The standard InChI is InChI=1S/C16H19NO7/c1-21-12-7-10(8-13-15(12)24-6-5-23-13)3-4-14(19)17-11(9-18)16(20)22-2/h3-4,7-8,11,18H,5-6,9H2,1-2H3,(H,17,19)/b4-3+/t11-/m0/s1. The summed E-state index contributed by atoms with van der Waals surface area (Å²) in [7, 11) is 2.68. The Labute approximate surface area is 139 Å². The molecule has 8 nitrogen and oxygen atoms in total. The van der Waals surface area contributed by atoms with Crippen molar-refractivity contribution in [1.82, 2.24) is 5.32 Å². The van der Waals surface area contributed by atoms with Crippen molar-refractivity contribution in [1.29, 1.82) is 0 Å². The van der Waals surface area contributed by atoms with Crippen LogP contribution in [-0.2, 0) is 14.3 Å². The third kappa shape index (κ3) is 4.17. The number of aliphatic hydroxyl groups excluding tert-OH is 1. The first-order valence-electron chi connectivity index (χ1n) is 7.24. The van der Waals surface area contributed by atoms with Gasteiger partial charge in [-0.15, -0.1) is 0 Å². The number of fused-ring (bicyclic) bond motifs is 1. The summed E-state index contributed by atoms with van der Waals surface area (Å²) in [5.41, 5.74) is 0.657. The van der Waals surface area contributed by atoms with Crippen LogP contribution in [0.15, 0.2) is 18.2 Å². The second-order valence-corrected chi connectivity index (χ2v) is 4.85. The molecule has 8 heteroatoms. The molecule has 0 unspecified atom stereocenters. The predicted octanol–water partition coefficient (Wildman–Crippen LogP) is 0.130. The van der Waals surface area contributed by atoms with Crippen LogP contribution in [0, 0.1) is 0 Å². The summed E-state index contributed by atoms with van der Waals surface area (Å²) in [6, 6.07) is 2.30. The molecule has 1 aromatic carbocycles. The number of nitrogens with one attached hydrogen (secondary N) is 1. The number of aliphatic hydroxyl groups is 1. The Balaban J connectivity index is 2.11. The normalized spacial score (nSPS) is 14.1. The highest BCUT2D eigenvalue weighted by Crippen LogP contribution is 2.40. The van der Waals surface area contributed by atoms with E-state index in [1.54, 1.807) is 12.1 Å². The summed E-state index contributed by atoms with van der Waals surface area (Å²) < 4.78 is 20.7. The van der Waals surface area contributed by atoms with E-state index in [-0.39, 0.29) is 0 Å². The van der Waals surface area contributed by atoms with Gasteiger partial charge in [0.1, 0.15) is 13.2 Å². The number of carbonyl (C=O) groups is 2. The molecule has 1 amide bonds. The fourth-order valence-corrected chi connectivity index (χ4v) is 2.10. The lowest BCUT2D eigenvalue weighted by Gasteiger charge is -2.20. The monoisotopic (exact) mass is 337 g/mol. The van der Waals surface area contributed by atoms with Crippen LogP contribution < -0.4 is 19.5 Å². The molecular formula is C16H19NO7. The number of rotatable bonds is 6. The first-order valence-corrected chi connectivity index (χ1v) is 7.24. The highest BCUT2D eigenvalue weighted by Gasteiger charge is 2.20. The van der Waals surface area contributed by atoms with Gasteiger partial charge in [0.05, 0.1) is 20.8 Å². The Morgan fingerprint density at radius 2 is 2.08 bits per heavy atom.